The predicted octanol–water partition coefficient (Wildman–Crippen LogP) is 2.53. The first kappa shape index (κ1) is 12.4. The molecule has 0 saturated carbocycles. The normalized spacial score (nSPS) is 10.1. The van der Waals surface area contributed by atoms with Crippen molar-refractivity contribution in [3.05, 3.63) is 48.3 Å². The Hall–Kier alpha value is -2.10. The third kappa shape index (κ3) is 3.73. The lowest BCUT2D eigenvalue weighted by Crippen LogP contribution is -2.07. The van der Waals surface area contributed by atoms with E-state index in [2.05, 4.69) is 15.3 Å². The summed E-state index contributed by atoms with van der Waals surface area (Å²) in [6.07, 6.45) is 4.57. The molecule has 0 aliphatic carbocycles. The van der Waals surface area contributed by atoms with Gasteiger partial charge in [0, 0.05) is 25.0 Å². The van der Waals surface area contributed by atoms with E-state index in [0.29, 0.717) is 12.5 Å². The van der Waals surface area contributed by atoms with E-state index in [9.17, 15) is 0 Å². The van der Waals surface area contributed by atoms with Gasteiger partial charge in [-0.15, -0.1) is 0 Å². The van der Waals surface area contributed by atoms with Gasteiger partial charge in [-0.2, -0.15) is 4.98 Å². The molecule has 0 amide bonds. The van der Waals surface area contributed by atoms with Crippen molar-refractivity contribution in [2.24, 2.45) is 0 Å². The maximum Gasteiger partial charge on any atom is 0.215 e. The summed E-state index contributed by atoms with van der Waals surface area (Å²) < 4.78 is 5.35. The molecule has 0 radical (unpaired) electrons. The van der Waals surface area contributed by atoms with Gasteiger partial charge >= 0.3 is 0 Å². The first-order valence-corrected chi connectivity index (χ1v) is 6.11. The Balaban J connectivity index is 1.84. The van der Waals surface area contributed by atoms with Crippen LogP contribution in [0.15, 0.2) is 42.7 Å². The smallest absolute Gasteiger partial charge is 0.215 e. The number of pyridine rings is 2. The fourth-order valence-electron chi connectivity index (χ4n) is 1.63. The molecule has 2 aromatic heterocycles. The Morgan fingerprint density at radius 3 is 2.78 bits per heavy atom. The van der Waals surface area contributed by atoms with Gasteiger partial charge in [0.25, 0.3) is 0 Å². The standard InChI is InChI=1S/C14H17N3O/c1-2-18-14-5-3-4-13(17-14)16-11-8-12-6-9-15-10-7-12/h3-7,9-10H,2,8,11H2,1H3,(H,16,17). The average molecular weight is 243 g/mol. The Labute approximate surface area is 107 Å². The minimum absolute atomic E-state index is 0.632. The summed E-state index contributed by atoms with van der Waals surface area (Å²) in [6.45, 7) is 3.42. The topological polar surface area (TPSA) is 47.0 Å². The zero-order valence-corrected chi connectivity index (χ0v) is 10.5. The van der Waals surface area contributed by atoms with Gasteiger partial charge in [-0.25, -0.2) is 0 Å². The minimum atomic E-state index is 0.632. The van der Waals surface area contributed by atoms with Crippen LogP contribution in [-0.4, -0.2) is 23.1 Å². The molecule has 0 aliphatic rings. The van der Waals surface area contributed by atoms with Crippen LogP contribution in [0.4, 0.5) is 5.82 Å². The third-order valence-electron chi connectivity index (χ3n) is 2.48. The average Bonchev–Trinajstić information content (AvgIpc) is 2.41. The summed E-state index contributed by atoms with van der Waals surface area (Å²) in [6, 6.07) is 9.77. The number of aromatic nitrogens is 2. The Kier molecular flexibility index (Phi) is 4.53. The maximum absolute atomic E-state index is 5.35. The van der Waals surface area contributed by atoms with Gasteiger partial charge in [0.15, 0.2) is 0 Å². The molecule has 0 bridgehead atoms. The highest BCUT2D eigenvalue weighted by molar-refractivity contribution is 5.37. The lowest BCUT2D eigenvalue weighted by molar-refractivity contribution is 0.327. The van der Waals surface area contributed by atoms with Gasteiger partial charge < -0.3 is 10.1 Å². The van der Waals surface area contributed by atoms with Gasteiger partial charge in [0.1, 0.15) is 5.82 Å². The Morgan fingerprint density at radius 1 is 1.17 bits per heavy atom. The first-order valence-electron chi connectivity index (χ1n) is 6.11. The number of ether oxygens (including phenoxy) is 1. The van der Waals surface area contributed by atoms with Crippen molar-refractivity contribution in [2.75, 3.05) is 18.5 Å². The molecular formula is C14H17N3O. The molecule has 0 unspecified atom stereocenters. The van der Waals surface area contributed by atoms with Crippen LogP contribution in [0.25, 0.3) is 0 Å². The van der Waals surface area contributed by atoms with Crippen LogP contribution in [0, 0.1) is 0 Å². The van der Waals surface area contributed by atoms with Crippen molar-refractivity contribution in [1.82, 2.24) is 9.97 Å². The Morgan fingerprint density at radius 2 is 2.00 bits per heavy atom. The van der Waals surface area contributed by atoms with E-state index in [0.717, 1.165) is 18.8 Å². The second kappa shape index (κ2) is 6.59. The number of nitrogens with zero attached hydrogens (tertiary/aromatic N) is 2. The van der Waals surface area contributed by atoms with Crippen molar-refractivity contribution in [3.63, 3.8) is 0 Å². The molecule has 0 atom stereocenters. The molecule has 1 N–H and O–H groups in total. The Bertz CT molecular complexity index is 473. The van der Waals surface area contributed by atoms with Crippen molar-refractivity contribution in [3.8, 4) is 5.88 Å². The first-order chi connectivity index (χ1) is 8.88. The minimum Gasteiger partial charge on any atom is -0.478 e. The molecule has 2 aromatic rings. The van der Waals surface area contributed by atoms with E-state index in [1.54, 1.807) is 0 Å². The van der Waals surface area contributed by atoms with Gasteiger partial charge in [-0.05, 0) is 37.1 Å². The summed E-state index contributed by atoms with van der Waals surface area (Å²) in [5.74, 6) is 1.50. The van der Waals surface area contributed by atoms with Gasteiger partial charge in [0.2, 0.25) is 5.88 Å². The SMILES string of the molecule is CCOc1cccc(NCCc2ccncc2)n1. The molecule has 4 heteroatoms. The largest absolute Gasteiger partial charge is 0.478 e. The molecule has 2 rings (SSSR count). The highest BCUT2D eigenvalue weighted by atomic mass is 16.5. The highest BCUT2D eigenvalue weighted by Gasteiger charge is 1.97. The van der Waals surface area contributed by atoms with E-state index < -0.39 is 0 Å². The maximum atomic E-state index is 5.35. The lowest BCUT2D eigenvalue weighted by atomic mass is 10.2. The molecule has 4 nitrogen and oxygen atoms in total. The van der Waals surface area contributed by atoms with E-state index >= 15 is 0 Å². The number of anilines is 1. The second-order valence-electron chi connectivity index (χ2n) is 3.83. The number of hydrogen-bond acceptors (Lipinski definition) is 4. The fraction of sp³-hybridized carbons (Fsp3) is 0.286. The zero-order chi connectivity index (χ0) is 12.6. The van der Waals surface area contributed by atoms with Crippen molar-refractivity contribution < 1.29 is 4.74 Å². The highest BCUT2D eigenvalue weighted by Crippen LogP contribution is 2.11. The zero-order valence-electron chi connectivity index (χ0n) is 10.5. The lowest BCUT2D eigenvalue weighted by Gasteiger charge is -2.07. The fourth-order valence-corrected chi connectivity index (χ4v) is 1.63. The van der Waals surface area contributed by atoms with Crippen LogP contribution in [0.3, 0.4) is 0 Å². The van der Waals surface area contributed by atoms with Crippen molar-refractivity contribution in [2.45, 2.75) is 13.3 Å². The number of nitrogens with one attached hydrogen (secondary N) is 1. The molecule has 18 heavy (non-hydrogen) atoms. The molecule has 0 spiro atoms. The number of rotatable bonds is 6. The van der Waals surface area contributed by atoms with Crippen molar-refractivity contribution >= 4 is 5.82 Å². The molecule has 0 saturated heterocycles. The summed E-state index contributed by atoms with van der Waals surface area (Å²) in [5.41, 5.74) is 1.26. The summed E-state index contributed by atoms with van der Waals surface area (Å²) >= 11 is 0. The molecule has 0 aliphatic heterocycles. The predicted molar refractivity (Wildman–Crippen MR) is 71.8 cm³/mol. The van der Waals surface area contributed by atoms with E-state index in [1.807, 2.05) is 49.6 Å². The molecule has 0 fully saturated rings. The second-order valence-corrected chi connectivity index (χ2v) is 3.83. The molecular weight excluding hydrogens is 226 g/mol. The van der Waals surface area contributed by atoms with Crippen LogP contribution in [-0.2, 0) is 6.42 Å². The van der Waals surface area contributed by atoms with E-state index in [4.69, 9.17) is 4.74 Å². The number of hydrogen-bond donors (Lipinski definition) is 1. The van der Waals surface area contributed by atoms with Crippen LogP contribution in [0.5, 0.6) is 5.88 Å². The third-order valence-corrected chi connectivity index (χ3v) is 2.48. The van der Waals surface area contributed by atoms with E-state index in [1.165, 1.54) is 5.56 Å². The van der Waals surface area contributed by atoms with Crippen molar-refractivity contribution in [1.29, 1.82) is 0 Å². The van der Waals surface area contributed by atoms with Gasteiger partial charge in [-0.3, -0.25) is 4.98 Å². The van der Waals surface area contributed by atoms with Crippen LogP contribution >= 0.6 is 0 Å². The quantitative estimate of drug-likeness (QED) is 0.847. The molecule has 0 aromatic carbocycles. The molecule has 94 valence electrons. The van der Waals surface area contributed by atoms with Gasteiger partial charge in [-0.1, -0.05) is 6.07 Å². The van der Waals surface area contributed by atoms with Gasteiger partial charge in [0.05, 0.1) is 6.61 Å². The van der Waals surface area contributed by atoms with Crippen LogP contribution in [0.2, 0.25) is 0 Å². The monoisotopic (exact) mass is 243 g/mol. The van der Waals surface area contributed by atoms with Crippen LogP contribution < -0.4 is 10.1 Å². The van der Waals surface area contributed by atoms with E-state index in [-0.39, 0.29) is 0 Å². The molecule has 2 heterocycles. The summed E-state index contributed by atoms with van der Waals surface area (Å²) in [5, 5.41) is 3.28. The van der Waals surface area contributed by atoms with Crippen LogP contribution in [0.1, 0.15) is 12.5 Å². The summed E-state index contributed by atoms with van der Waals surface area (Å²) in [4.78, 5) is 8.34. The summed E-state index contributed by atoms with van der Waals surface area (Å²) in [7, 11) is 0.